The van der Waals surface area contributed by atoms with Crippen LogP contribution in [0.4, 0.5) is 10.8 Å². The molecule has 2 amide bonds. The van der Waals surface area contributed by atoms with Crippen molar-refractivity contribution < 1.29 is 23.9 Å². The van der Waals surface area contributed by atoms with E-state index in [1.165, 1.54) is 54.5 Å². The number of esters is 1. The number of nitrogens with zero attached hydrogens (tertiary/aromatic N) is 2. The number of carbonyl (C=O) groups excluding carboxylic acids is 3. The number of anilines is 2. The zero-order valence-corrected chi connectivity index (χ0v) is 17.1. The van der Waals surface area contributed by atoms with Crippen molar-refractivity contribution in [2.24, 2.45) is 5.73 Å². The van der Waals surface area contributed by atoms with Crippen molar-refractivity contribution in [3.63, 3.8) is 0 Å². The Morgan fingerprint density at radius 1 is 1.07 bits per heavy atom. The Balaban J connectivity index is 1.72. The van der Waals surface area contributed by atoms with Crippen LogP contribution in [-0.4, -0.2) is 29.9 Å². The minimum absolute atomic E-state index is 0.0649. The molecule has 3 aromatic rings. The first-order chi connectivity index (χ1) is 14.4. The van der Waals surface area contributed by atoms with Gasteiger partial charge >= 0.3 is 5.97 Å². The van der Waals surface area contributed by atoms with Gasteiger partial charge in [0.2, 0.25) is 11.8 Å². The molecule has 2 N–H and O–H groups in total. The number of hydrogen-bond donors (Lipinski definition) is 1. The maximum atomic E-state index is 12.3. The summed E-state index contributed by atoms with van der Waals surface area (Å²) in [5.74, 6) is -0.828. The SMILES string of the molecule is COc1ccccc1N(C(C)=O)c1nc(COC(=O)c2ccc(C(N)=O)cc2)cs1. The summed E-state index contributed by atoms with van der Waals surface area (Å²) in [5, 5.41) is 2.15. The van der Waals surface area contributed by atoms with Gasteiger partial charge in [0.1, 0.15) is 12.4 Å². The Hall–Kier alpha value is -3.72. The van der Waals surface area contributed by atoms with Crippen molar-refractivity contribution in [3.8, 4) is 5.75 Å². The van der Waals surface area contributed by atoms with E-state index in [0.29, 0.717) is 27.8 Å². The molecule has 2 aromatic carbocycles. The number of hydrogen-bond acceptors (Lipinski definition) is 7. The predicted octanol–water partition coefficient (Wildman–Crippen LogP) is 3.29. The number of aromatic nitrogens is 1. The number of nitrogens with two attached hydrogens (primary N) is 1. The number of rotatable bonds is 7. The van der Waals surface area contributed by atoms with Gasteiger partial charge in [-0.1, -0.05) is 12.1 Å². The van der Waals surface area contributed by atoms with E-state index in [2.05, 4.69) is 4.98 Å². The maximum Gasteiger partial charge on any atom is 0.338 e. The molecule has 0 unspecified atom stereocenters. The van der Waals surface area contributed by atoms with Crippen LogP contribution in [0.15, 0.2) is 53.9 Å². The van der Waals surface area contributed by atoms with Gasteiger partial charge in [0.15, 0.2) is 5.13 Å². The Kier molecular flexibility index (Phi) is 6.43. The fourth-order valence-corrected chi connectivity index (χ4v) is 3.55. The average Bonchev–Trinajstić information content (AvgIpc) is 3.20. The maximum absolute atomic E-state index is 12.3. The van der Waals surface area contributed by atoms with E-state index in [4.69, 9.17) is 15.2 Å². The second kappa shape index (κ2) is 9.19. The first-order valence-electron chi connectivity index (χ1n) is 8.86. The number of benzene rings is 2. The highest BCUT2D eigenvalue weighted by Gasteiger charge is 2.21. The standard InChI is InChI=1S/C21H19N3O5S/c1-13(25)24(17-5-3-4-6-18(17)28-2)21-23-16(12-30-21)11-29-20(27)15-9-7-14(8-10-15)19(22)26/h3-10,12H,11H2,1-2H3,(H2,22,26). The summed E-state index contributed by atoms with van der Waals surface area (Å²) in [6.45, 7) is 1.37. The summed E-state index contributed by atoms with van der Waals surface area (Å²) >= 11 is 1.25. The number of carbonyl (C=O) groups is 3. The van der Waals surface area contributed by atoms with E-state index in [9.17, 15) is 14.4 Å². The Labute approximate surface area is 176 Å². The smallest absolute Gasteiger partial charge is 0.338 e. The highest BCUT2D eigenvalue weighted by Crippen LogP contribution is 2.35. The molecule has 0 saturated carbocycles. The Morgan fingerprint density at radius 3 is 2.37 bits per heavy atom. The van der Waals surface area contributed by atoms with Crippen LogP contribution >= 0.6 is 11.3 Å². The molecule has 154 valence electrons. The first kappa shape index (κ1) is 21.0. The number of primary amides is 1. The average molecular weight is 425 g/mol. The Morgan fingerprint density at radius 2 is 1.73 bits per heavy atom. The van der Waals surface area contributed by atoms with Gasteiger partial charge in [-0.2, -0.15) is 0 Å². The lowest BCUT2D eigenvalue weighted by molar-refractivity contribution is -0.115. The third-order valence-electron chi connectivity index (χ3n) is 4.13. The summed E-state index contributed by atoms with van der Waals surface area (Å²) in [6.07, 6.45) is 0. The first-order valence-corrected chi connectivity index (χ1v) is 9.73. The Bertz CT molecular complexity index is 1080. The highest BCUT2D eigenvalue weighted by atomic mass is 32.1. The van der Waals surface area contributed by atoms with Crippen LogP contribution in [-0.2, 0) is 16.1 Å². The molecule has 1 heterocycles. The third kappa shape index (κ3) is 4.64. The molecule has 0 radical (unpaired) electrons. The molecule has 8 nitrogen and oxygen atoms in total. The zero-order valence-electron chi connectivity index (χ0n) is 16.3. The quantitative estimate of drug-likeness (QED) is 0.582. The largest absolute Gasteiger partial charge is 0.495 e. The molecule has 0 aliphatic carbocycles. The minimum atomic E-state index is -0.574. The van der Waals surface area contributed by atoms with Crippen LogP contribution in [0.3, 0.4) is 0 Å². The molecule has 0 aliphatic heterocycles. The number of para-hydroxylation sites is 2. The van der Waals surface area contributed by atoms with Gasteiger partial charge < -0.3 is 15.2 Å². The van der Waals surface area contributed by atoms with Crippen molar-refractivity contribution in [3.05, 3.63) is 70.7 Å². The fourth-order valence-electron chi connectivity index (χ4n) is 2.68. The predicted molar refractivity (Wildman–Crippen MR) is 112 cm³/mol. The van der Waals surface area contributed by atoms with Gasteiger partial charge in [-0.25, -0.2) is 9.78 Å². The number of ether oxygens (including phenoxy) is 2. The van der Waals surface area contributed by atoms with Gasteiger partial charge in [-0.3, -0.25) is 14.5 Å². The second-order valence-corrected chi connectivity index (χ2v) is 7.00. The van der Waals surface area contributed by atoms with Gasteiger partial charge in [0.05, 0.1) is 24.1 Å². The van der Waals surface area contributed by atoms with E-state index in [-0.39, 0.29) is 18.1 Å². The molecule has 0 atom stereocenters. The monoisotopic (exact) mass is 425 g/mol. The fraction of sp³-hybridized carbons (Fsp3) is 0.143. The van der Waals surface area contributed by atoms with E-state index < -0.39 is 11.9 Å². The molecule has 0 bridgehead atoms. The number of thiazole rings is 1. The highest BCUT2D eigenvalue weighted by molar-refractivity contribution is 7.14. The summed E-state index contributed by atoms with van der Waals surface area (Å²) in [7, 11) is 1.53. The molecule has 9 heteroatoms. The third-order valence-corrected chi connectivity index (χ3v) is 5.00. The number of methoxy groups -OCH3 is 1. The minimum Gasteiger partial charge on any atom is -0.495 e. The van der Waals surface area contributed by atoms with Crippen molar-refractivity contribution >= 4 is 39.9 Å². The van der Waals surface area contributed by atoms with Crippen molar-refractivity contribution in [1.82, 2.24) is 4.98 Å². The van der Waals surface area contributed by atoms with E-state index in [0.717, 1.165) is 0 Å². The topological polar surface area (TPSA) is 112 Å². The summed E-state index contributed by atoms with van der Waals surface area (Å²) in [5.41, 5.74) is 6.84. The van der Waals surface area contributed by atoms with Crippen LogP contribution in [0.2, 0.25) is 0 Å². The number of amides is 2. The van der Waals surface area contributed by atoms with Crippen LogP contribution in [0.5, 0.6) is 5.75 Å². The molecule has 0 spiro atoms. The van der Waals surface area contributed by atoms with E-state index in [1.54, 1.807) is 23.6 Å². The molecule has 0 fully saturated rings. The summed E-state index contributed by atoms with van der Waals surface area (Å²) in [6, 6.07) is 13.0. The van der Waals surface area contributed by atoms with Gasteiger partial charge in [-0.15, -0.1) is 11.3 Å². The summed E-state index contributed by atoms with van der Waals surface area (Å²) < 4.78 is 10.6. The lowest BCUT2D eigenvalue weighted by atomic mass is 10.1. The van der Waals surface area contributed by atoms with Gasteiger partial charge in [-0.05, 0) is 36.4 Å². The van der Waals surface area contributed by atoms with Crippen molar-refractivity contribution in [1.29, 1.82) is 0 Å². The second-order valence-electron chi connectivity index (χ2n) is 6.17. The van der Waals surface area contributed by atoms with Crippen LogP contribution in [0, 0.1) is 0 Å². The lowest BCUT2D eigenvalue weighted by Gasteiger charge is -2.20. The van der Waals surface area contributed by atoms with Crippen LogP contribution in [0.1, 0.15) is 33.3 Å². The van der Waals surface area contributed by atoms with Crippen molar-refractivity contribution in [2.45, 2.75) is 13.5 Å². The molecule has 30 heavy (non-hydrogen) atoms. The molecule has 1 aromatic heterocycles. The molecule has 0 saturated heterocycles. The molecular weight excluding hydrogens is 406 g/mol. The molecular formula is C21H19N3O5S. The molecule has 3 rings (SSSR count). The van der Waals surface area contributed by atoms with Crippen LogP contribution in [0.25, 0.3) is 0 Å². The van der Waals surface area contributed by atoms with Crippen molar-refractivity contribution in [2.75, 3.05) is 12.0 Å². The van der Waals surface area contributed by atoms with Gasteiger partial charge in [0.25, 0.3) is 0 Å². The zero-order chi connectivity index (χ0) is 21.7. The normalized spacial score (nSPS) is 10.3. The van der Waals surface area contributed by atoms with E-state index in [1.807, 2.05) is 6.07 Å². The van der Waals surface area contributed by atoms with Gasteiger partial charge in [0, 0.05) is 17.9 Å². The molecule has 0 aliphatic rings. The van der Waals surface area contributed by atoms with E-state index >= 15 is 0 Å². The lowest BCUT2D eigenvalue weighted by Crippen LogP contribution is -2.23. The summed E-state index contributed by atoms with van der Waals surface area (Å²) in [4.78, 5) is 41.4. The van der Waals surface area contributed by atoms with Crippen LogP contribution < -0.4 is 15.4 Å².